The highest BCUT2D eigenvalue weighted by atomic mass is 35.5. The van der Waals surface area contributed by atoms with E-state index in [1.807, 2.05) is 37.3 Å². The van der Waals surface area contributed by atoms with Gasteiger partial charge in [0.2, 0.25) is 0 Å². The number of amides is 1. The van der Waals surface area contributed by atoms with Crippen LogP contribution in [0.2, 0.25) is 10.0 Å². The summed E-state index contributed by atoms with van der Waals surface area (Å²) in [5.41, 5.74) is 2.39. The summed E-state index contributed by atoms with van der Waals surface area (Å²) in [6, 6.07) is 14.4. The number of hydrogen-bond acceptors (Lipinski definition) is 3. The zero-order chi connectivity index (χ0) is 20.4. The molecule has 0 saturated heterocycles. The quantitative estimate of drug-likeness (QED) is 0.494. The number of rotatable bonds is 4. The molecule has 1 aliphatic rings. The van der Waals surface area contributed by atoms with E-state index in [1.54, 1.807) is 36.1 Å². The second kappa shape index (κ2) is 8.21. The van der Waals surface area contributed by atoms with Gasteiger partial charge < -0.3 is 9.64 Å². The van der Waals surface area contributed by atoms with Crippen molar-refractivity contribution in [2.75, 3.05) is 7.11 Å². The molecule has 144 valence electrons. The molecule has 0 fully saturated rings. The monoisotopic (exact) mass is 415 g/mol. The van der Waals surface area contributed by atoms with Crippen LogP contribution in [-0.2, 0) is 14.3 Å². The van der Waals surface area contributed by atoms with E-state index < -0.39 is 5.97 Å². The summed E-state index contributed by atoms with van der Waals surface area (Å²) in [4.78, 5) is 27.4. The van der Waals surface area contributed by atoms with Crippen molar-refractivity contribution in [3.8, 4) is 0 Å². The van der Waals surface area contributed by atoms with Gasteiger partial charge in [-0.2, -0.15) is 0 Å². The lowest BCUT2D eigenvalue weighted by atomic mass is 10.0. The molecule has 0 spiro atoms. The number of esters is 1. The third-order valence-corrected chi connectivity index (χ3v) is 5.45. The average molecular weight is 416 g/mol. The number of benzene rings is 2. The number of hydrogen-bond donors (Lipinski definition) is 0. The van der Waals surface area contributed by atoms with Gasteiger partial charge in [0.25, 0.3) is 5.91 Å². The van der Waals surface area contributed by atoms with Crippen molar-refractivity contribution >= 4 is 41.2 Å². The van der Waals surface area contributed by atoms with Gasteiger partial charge in [0.1, 0.15) is 0 Å². The van der Waals surface area contributed by atoms with E-state index in [-0.39, 0.29) is 23.1 Å². The Morgan fingerprint density at radius 2 is 1.68 bits per heavy atom. The number of halogens is 2. The maximum absolute atomic E-state index is 13.3. The second-order valence-electron chi connectivity index (χ2n) is 6.41. The molecule has 28 heavy (non-hydrogen) atoms. The lowest BCUT2D eigenvalue weighted by Gasteiger charge is -2.26. The molecule has 2 aromatic carbocycles. The van der Waals surface area contributed by atoms with E-state index in [0.717, 1.165) is 5.56 Å². The number of nitrogens with zero attached hydrogens (tertiary/aromatic N) is 1. The molecule has 0 bridgehead atoms. The van der Waals surface area contributed by atoms with Gasteiger partial charge in [0.15, 0.2) is 0 Å². The Labute approximate surface area is 174 Å². The first-order valence-corrected chi connectivity index (χ1v) is 9.46. The van der Waals surface area contributed by atoms with Crippen molar-refractivity contribution in [3.05, 3.63) is 86.5 Å². The molecule has 0 aromatic heterocycles. The molecule has 2 aromatic rings. The van der Waals surface area contributed by atoms with Crippen molar-refractivity contribution in [1.29, 1.82) is 0 Å². The lowest BCUT2D eigenvalue weighted by Crippen LogP contribution is -2.28. The van der Waals surface area contributed by atoms with Crippen molar-refractivity contribution in [3.63, 3.8) is 0 Å². The number of carbonyl (C=O) groups is 2. The predicted octanol–water partition coefficient (Wildman–Crippen LogP) is 5.43. The maximum Gasteiger partial charge on any atom is 0.340 e. The van der Waals surface area contributed by atoms with Crippen molar-refractivity contribution in [1.82, 2.24) is 4.90 Å². The van der Waals surface area contributed by atoms with Crippen molar-refractivity contribution in [2.24, 2.45) is 0 Å². The topological polar surface area (TPSA) is 46.6 Å². The van der Waals surface area contributed by atoms with Crippen LogP contribution in [0.1, 0.15) is 31.0 Å². The zero-order valence-electron chi connectivity index (χ0n) is 15.7. The summed E-state index contributed by atoms with van der Waals surface area (Å²) >= 11 is 12.5. The number of allylic oxidation sites excluding steroid dienone is 1. The van der Waals surface area contributed by atoms with Gasteiger partial charge in [-0.1, -0.05) is 59.6 Å². The van der Waals surface area contributed by atoms with Gasteiger partial charge in [-0.15, -0.1) is 0 Å². The fourth-order valence-corrected chi connectivity index (χ4v) is 3.84. The summed E-state index contributed by atoms with van der Waals surface area (Å²) in [6.07, 6.45) is 1.56. The van der Waals surface area contributed by atoms with Gasteiger partial charge in [-0.05, 0) is 37.6 Å². The van der Waals surface area contributed by atoms with Gasteiger partial charge in [0, 0.05) is 21.3 Å². The Morgan fingerprint density at radius 1 is 1.07 bits per heavy atom. The van der Waals surface area contributed by atoms with E-state index >= 15 is 0 Å². The molecule has 3 rings (SSSR count). The number of methoxy groups -OCH3 is 1. The van der Waals surface area contributed by atoms with Crippen LogP contribution in [0.5, 0.6) is 0 Å². The molecule has 6 heteroatoms. The van der Waals surface area contributed by atoms with E-state index in [1.165, 1.54) is 7.11 Å². The average Bonchev–Trinajstić information content (AvgIpc) is 2.94. The number of ether oxygens (including phenoxy) is 1. The molecule has 4 nitrogen and oxygen atoms in total. The van der Waals surface area contributed by atoms with E-state index in [2.05, 4.69) is 0 Å². The van der Waals surface area contributed by atoms with Crippen LogP contribution in [0.15, 0.2) is 65.4 Å². The van der Waals surface area contributed by atoms with Crippen LogP contribution in [0, 0.1) is 0 Å². The Balaban J connectivity index is 2.15. The zero-order valence-corrected chi connectivity index (χ0v) is 17.2. The highest BCUT2D eigenvalue weighted by Crippen LogP contribution is 2.39. The van der Waals surface area contributed by atoms with Crippen LogP contribution >= 0.6 is 23.2 Å². The van der Waals surface area contributed by atoms with Crippen LogP contribution in [0.25, 0.3) is 6.08 Å². The summed E-state index contributed by atoms with van der Waals surface area (Å²) in [5, 5.41) is 0.786. The van der Waals surface area contributed by atoms with Crippen molar-refractivity contribution < 1.29 is 14.3 Å². The number of carbonyl (C=O) groups excluding carboxylic acids is 2. The Morgan fingerprint density at radius 3 is 2.25 bits per heavy atom. The highest BCUT2D eigenvalue weighted by molar-refractivity contribution is 6.37. The van der Waals surface area contributed by atoms with Crippen molar-refractivity contribution in [2.45, 2.75) is 19.9 Å². The SMILES string of the molecule is COC(=O)C1=C(C)N([C@@H](C)c2ccccc2)C(=O)/C1=C\c1c(Cl)cccc1Cl. The van der Waals surface area contributed by atoms with Gasteiger partial charge >= 0.3 is 5.97 Å². The summed E-state index contributed by atoms with van der Waals surface area (Å²) in [7, 11) is 1.29. The minimum Gasteiger partial charge on any atom is -0.465 e. The second-order valence-corrected chi connectivity index (χ2v) is 7.22. The Bertz CT molecular complexity index is 976. The van der Waals surface area contributed by atoms with Crippen LogP contribution < -0.4 is 0 Å². The first kappa shape index (κ1) is 20.2. The molecular weight excluding hydrogens is 397 g/mol. The molecule has 0 unspecified atom stereocenters. The van der Waals surface area contributed by atoms with Gasteiger partial charge in [-0.25, -0.2) is 4.79 Å². The largest absolute Gasteiger partial charge is 0.465 e. The molecule has 1 atom stereocenters. The smallest absolute Gasteiger partial charge is 0.340 e. The molecule has 0 N–H and O–H groups in total. The van der Waals surface area contributed by atoms with E-state index in [4.69, 9.17) is 27.9 Å². The predicted molar refractivity (Wildman–Crippen MR) is 111 cm³/mol. The third-order valence-electron chi connectivity index (χ3n) is 4.79. The summed E-state index contributed by atoms with van der Waals surface area (Å²) in [5.74, 6) is -0.881. The van der Waals surface area contributed by atoms with Gasteiger partial charge in [0.05, 0.1) is 24.3 Å². The molecule has 0 radical (unpaired) electrons. The van der Waals surface area contributed by atoms with E-state index in [0.29, 0.717) is 21.3 Å². The lowest BCUT2D eigenvalue weighted by molar-refractivity contribution is -0.136. The third kappa shape index (κ3) is 3.58. The van der Waals surface area contributed by atoms with Crippen LogP contribution in [0.3, 0.4) is 0 Å². The normalized spacial score (nSPS) is 16.7. The molecular formula is C22H19Cl2NO3. The minimum atomic E-state index is -0.581. The highest BCUT2D eigenvalue weighted by Gasteiger charge is 2.39. The van der Waals surface area contributed by atoms with Crippen LogP contribution in [0.4, 0.5) is 0 Å². The minimum absolute atomic E-state index is 0.210. The molecule has 1 heterocycles. The molecule has 0 saturated carbocycles. The summed E-state index contributed by atoms with van der Waals surface area (Å²) < 4.78 is 4.93. The first-order chi connectivity index (χ1) is 13.4. The standard InChI is InChI=1S/C22H19Cl2NO3/c1-13(15-8-5-4-6-9-15)25-14(2)20(22(27)28-3)17(21(25)26)12-16-18(23)10-7-11-19(16)24/h4-13H,1-3H3/b17-12-/t13-/m0/s1. The Hall–Kier alpha value is -2.56. The molecule has 0 aliphatic carbocycles. The summed E-state index contributed by atoms with van der Waals surface area (Å²) in [6.45, 7) is 3.65. The Kier molecular flexibility index (Phi) is 5.92. The van der Waals surface area contributed by atoms with Crippen LogP contribution in [-0.4, -0.2) is 23.9 Å². The van der Waals surface area contributed by atoms with E-state index in [9.17, 15) is 9.59 Å². The molecule has 1 amide bonds. The molecule has 1 aliphatic heterocycles. The fourth-order valence-electron chi connectivity index (χ4n) is 3.34. The fraction of sp³-hybridized carbons (Fsp3) is 0.182. The maximum atomic E-state index is 13.3. The first-order valence-electron chi connectivity index (χ1n) is 8.70. The van der Waals surface area contributed by atoms with Gasteiger partial charge in [-0.3, -0.25) is 4.79 Å².